The Bertz CT molecular complexity index is 1360. The Morgan fingerprint density at radius 1 is 1.00 bits per heavy atom. The first-order valence-electron chi connectivity index (χ1n) is 11.0. The van der Waals surface area contributed by atoms with Gasteiger partial charge in [0.05, 0.1) is 12.8 Å². The first kappa shape index (κ1) is 21.5. The van der Waals surface area contributed by atoms with Crippen molar-refractivity contribution in [2.45, 2.75) is 6.54 Å². The molecule has 1 aliphatic rings. The van der Waals surface area contributed by atoms with E-state index in [1.807, 2.05) is 42.5 Å². The average Bonchev–Trinajstić information content (AvgIpc) is 3.20. The van der Waals surface area contributed by atoms with Crippen molar-refractivity contribution < 1.29 is 14.3 Å². The number of para-hydroxylation sites is 3. The summed E-state index contributed by atoms with van der Waals surface area (Å²) in [6.07, 6.45) is 2.98. The summed E-state index contributed by atoms with van der Waals surface area (Å²) < 4.78 is 13.7. The molecule has 1 fully saturated rings. The molecule has 0 aliphatic carbocycles. The Balaban J connectivity index is 1.29. The second-order valence-corrected chi connectivity index (χ2v) is 7.82. The minimum Gasteiger partial charge on any atom is -0.495 e. The van der Waals surface area contributed by atoms with E-state index in [0.29, 0.717) is 31.9 Å². The van der Waals surface area contributed by atoms with Crippen molar-refractivity contribution in [2.24, 2.45) is 0 Å². The number of aromatic nitrogens is 4. The number of hydrogen-bond donors (Lipinski definition) is 0. The number of ether oxygens (including phenoxy) is 2. The van der Waals surface area contributed by atoms with Crippen LogP contribution in [-0.4, -0.2) is 63.3 Å². The van der Waals surface area contributed by atoms with Crippen LogP contribution >= 0.6 is 0 Å². The monoisotopic (exact) mass is 460 g/mol. The number of rotatable bonds is 6. The van der Waals surface area contributed by atoms with Crippen LogP contribution in [0.2, 0.25) is 0 Å². The Morgan fingerprint density at radius 2 is 1.74 bits per heavy atom. The van der Waals surface area contributed by atoms with E-state index in [4.69, 9.17) is 9.47 Å². The highest BCUT2D eigenvalue weighted by molar-refractivity contribution is 5.76. The van der Waals surface area contributed by atoms with Gasteiger partial charge in [-0.3, -0.25) is 4.79 Å². The summed E-state index contributed by atoms with van der Waals surface area (Å²) in [4.78, 5) is 34.0. The average molecular weight is 460 g/mol. The molecule has 0 saturated carbocycles. The fourth-order valence-electron chi connectivity index (χ4n) is 4.02. The maximum atomic E-state index is 13.0. The summed E-state index contributed by atoms with van der Waals surface area (Å²) in [5, 5.41) is 4.33. The Kier molecular flexibility index (Phi) is 5.86. The van der Waals surface area contributed by atoms with Crippen LogP contribution in [0.25, 0.3) is 5.65 Å². The number of piperazine rings is 1. The standard InChI is InChI=1S/C24H24N6O4/c1-33-20-10-6-5-9-19(20)27-13-15-28(16-14-27)21(31)17-30-24(32)29-12-11-25-23(22(29)26-30)34-18-7-3-2-4-8-18/h2-12H,13-17H2,1H3. The van der Waals surface area contributed by atoms with Gasteiger partial charge in [0.1, 0.15) is 18.0 Å². The van der Waals surface area contributed by atoms with Crippen LogP contribution < -0.4 is 20.1 Å². The number of fused-ring (bicyclic) bond motifs is 1. The topological polar surface area (TPSA) is 94.2 Å². The minimum atomic E-state index is -0.420. The zero-order chi connectivity index (χ0) is 23.5. The zero-order valence-electron chi connectivity index (χ0n) is 18.7. The molecule has 2 aromatic heterocycles. The first-order valence-corrected chi connectivity index (χ1v) is 11.0. The Labute approximate surface area is 195 Å². The van der Waals surface area contributed by atoms with E-state index in [1.165, 1.54) is 16.8 Å². The second-order valence-electron chi connectivity index (χ2n) is 7.82. The molecule has 4 aromatic rings. The van der Waals surface area contributed by atoms with E-state index in [-0.39, 0.29) is 24.0 Å². The largest absolute Gasteiger partial charge is 0.495 e. The number of hydrogen-bond acceptors (Lipinski definition) is 7. The molecule has 10 heteroatoms. The van der Waals surface area contributed by atoms with Crippen LogP contribution in [0, 0.1) is 0 Å². The number of carbonyl (C=O) groups is 1. The zero-order valence-corrected chi connectivity index (χ0v) is 18.7. The van der Waals surface area contributed by atoms with Crippen molar-refractivity contribution in [2.75, 3.05) is 38.2 Å². The quantitative estimate of drug-likeness (QED) is 0.435. The van der Waals surface area contributed by atoms with E-state index in [2.05, 4.69) is 15.0 Å². The van der Waals surface area contributed by atoms with E-state index in [1.54, 1.807) is 24.1 Å². The van der Waals surface area contributed by atoms with Crippen molar-refractivity contribution in [3.05, 3.63) is 77.5 Å². The molecule has 1 aliphatic heterocycles. The van der Waals surface area contributed by atoms with Gasteiger partial charge < -0.3 is 19.3 Å². The molecule has 2 aromatic carbocycles. The van der Waals surface area contributed by atoms with Gasteiger partial charge in [-0.05, 0) is 24.3 Å². The van der Waals surface area contributed by atoms with Crippen LogP contribution in [0.4, 0.5) is 5.69 Å². The molecule has 0 spiro atoms. The summed E-state index contributed by atoms with van der Waals surface area (Å²) in [5.74, 6) is 1.42. The lowest BCUT2D eigenvalue weighted by Crippen LogP contribution is -2.50. The Morgan fingerprint density at radius 3 is 2.50 bits per heavy atom. The SMILES string of the molecule is COc1ccccc1N1CCN(C(=O)Cn2nc3c(Oc4ccccc4)nccn3c2=O)CC1. The summed E-state index contributed by atoms with van der Waals surface area (Å²) in [7, 11) is 1.65. The maximum absolute atomic E-state index is 13.0. The minimum absolute atomic E-state index is 0.153. The van der Waals surface area contributed by atoms with Gasteiger partial charge in [0.25, 0.3) is 5.88 Å². The number of carbonyl (C=O) groups excluding carboxylic acids is 1. The normalized spacial score (nSPS) is 13.8. The number of amides is 1. The number of anilines is 1. The predicted octanol–water partition coefficient (Wildman–Crippen LogP) is 2.04. The lowest BCUT2D eigenvalue weighted by molar-refractivity contribution is -0.132. The third-order valence-electron chi connectivity index (χ3n) is 5.77. The third-order valence-corrected chi connectivity index (χ3v) is 5.77. The highest BCUT2D eigenvalue weighted by Gasteiger charge is 2.24. The van der Waals surface area contributed by atoms with Crippen LogP contribution in [0.3, 0.4) is 0 Å². The molecule has 1 saturated heterocycles. The summed E-state index contributed by atoms with van der Waals surface area (Å²) in [5.41, 5.74) is 0.841. The van der Waals surface area contributed by atoms with E-state index < -0.39 is 5.69 Å². The van der Waals surface area contributed by atoms with E-state index >= 15 is 0 Å². The molecule has 0 N–H and O–H groups in total. The molecule has 3 heterocycles. The number of nitrogens with zero attached hydrogens (tertiary/aromatic N) is 6. The molecule has 0 unspecified atom stereocenters. The van der Waals surface area contributed by atoms with Crippen LogP contribution in [0.1, 0.15) is 0 Å². The summed E-state index contributed by atoms with van der Waals surface area (Å²) in [6, 6.07) is 17.0. The molecule has 10 nitrogen and oxygen atoms in total. The van der Waals surface area contributed by atoms with Crippen molar-refractivity contribution >= 4 is 17.2 Å². The van der Waals surface area contributed by atoms with Crippen LogP contribution in [0.5, 0.6) is 17.4 Å². The lowest BCUT2D eigenvalue weighted by Gasteiger charge is -2.36. The van der Waals surface area contributed by atoms with Crippen molar-refractivity contribution in [3.8, 4) is 17.4 Å². The van der Waals surface area contributed by atoms with Crippen molar-refractivity contribution in [3.63, 3.8) is 0 Å². The Hall–Kier alpha value is -4.34. The van der Waals surface area contributed by atoms with Gasteiger partial charge in [-0.25, -0.2) is 18.9 Å². The number of methoxy groups -OCH3 is 1. The molecule has 174 valence electrons. The smallest absolute Gasteiger partial charge is 0.351 e. The fourth-order valence-corrected chi connectivity index (χ4v) is 4.02. The highest BCUT2D eigenvalue weighted by Crippen LogP contribution is 2.28. The van der Waals surface area contributed by atoms with Crippen LogP contribution in [0.15, 0.2) is 71.8 Å². The third kappa shape index (κ3) is 4.17. The van der Waals surface area contributed by atoms with Gasteiger partial charge in [0, 0.05) is 38.6 Å². The van der Waals surface area contributed by atoms with Crippen molar-refractivity contribution in [1.29, 1.82) is 0 Å². The summed E-state index contributed by atoms with van der Waals surface area (Å²) >= 11 is 0. The first-order chi connectivity index (χ1) is 16.6. The van der Waals surface area contributed by atoms with Crippen molar-refractivity contribution in [1.82, 2.24) is 24.1 Å². The van der Waals surface area contributed by atoms with Gasteiger partial charge in [-0.2, -0.15) is 0 Å². The van der Waals surface area contributed by atoms with Gasteiger partial charge in [0.2, 0.25) is 11.6 Å². The molecule has 0 atom stereocenters. The van der Waals surface area contributed by atoms with E-state index in [0.717, 1.165) is 16.1 Å². The second kappa shape index (κ2) is 9.26. The predicted molar refractivity (Wildman–Crippen MR) is 126 cm³/mol. The molecule has 34 heavy (non-hydrogen) atoms. The molecule has 1 amide bonds. The summed E-state index contributed by atoms with van der Waals surface area (Å²) in [6.45, 7) is 2.28. The van der Waals surface area contributed by atoms with Gasteiger partial charge in [0.15, 0.2) is 0 Å². The molecule has 0 bridgehead atoms. The number of benzene rings is 2. The molecule has 5 rings (SSSR count). The van der Waals surface area contributed by atoms with Gasteiger partial charge >= 0.3 is 5.69 Å². The maximum Gasteiger partial charge on any atom is 0.351 e. The van der Waals surface area contributed by atoms with Crippen LogP contribution in [-0.2, 0) is 11.3 Å². The molecular formula is C24H24N6O4. The van der Waals surface area contributed by atoms with Gasteiger partial charge in [-0.15, -0.1) is 5.10 Å². The molecule has 0 radical (unpaired) electrons. The highest BCUT2D eigenvalue weighted by atomic mass is 16.5. The van der Waals surface area contributed by atoms with Gasteiger partial charge in [-0.1, -0.05) is 30.3 Å². The van der Waals surface area contributed by atoms with E-state index in [9.17, 15) is 9.59 Å². The molecular weight excluding hydrogens is 436 g/mol. The fraction of sp³-hybridized carbons (Fsp3) is 0.250. The lowest BCUT2D eigenvalue weighted by atomic mass is 10.2.